The van der Waals surface area contributed by atoms with Crippen molar-refractivity contribution in [1.29, 1.82) is 0 Å². The maximum absolute atomic E-state index is 10.5. The van der Waals surface area contributed by atoms with Gasteiger partial charge >= 0.3 is 5.70 Å². The summed E-state index contributed by atoms with van der Waals surface area (Å²) >= 11 is 0. The number of hydrogen-bond donors (Lipinski definition) is 1. The SMILES string of the molecule is O=[N+]([O-])C1=CN[C@@H]2CCCC[C@H]2N=C1. The molecule has 0 aromatic rings. The van der Waals surface area contributed by atoms with Crippen LogP contribution in [-0.2, 0) is 0 Å². The summed E-state index contributed by atoms with van der Waals surface area (Å²) in [6.45, 7) is 0. The second-order valence-electron chi connectivity index (χ2n) is 3.73. The molecular formula is C9H13N3O2. The lowest BCUT2D eigenvalue weighted by Crippen LogP contribution is -2.37. The molecule has 0 saturated heterocycles. The Balaban J connectivity index is 2.14. The Kier molecular flexibility index (Phi) is 2.47. The largest absolute Gasteiger partial charge is 0.380 e. The normalized spacial score (nSPS) is 31.0. The van der Waals surface area contributed by atoms with Crippen molar-refractivity contribution in [2.45, 2.75) is 37.8 Å². The molecule has 0 unspecified atom stereocenters. The summed E-state index contributed by atoms with van der Waals surface area (Å²) < 4.78 is 0. The molecule has 0 bridgehead atoms. The molecule has 0 radical (unpaired) electrons. The van der Waals surface area contributed by atoms with Gasteiger partial charge in [-0.2, -0.15) is 0 Å². The van der Waals surface area contributed by atoms with Gasteiger partial charge in [-0.05, 0) is 12.8 Å². The fraction of sp³-hybridized carbons (Fsp3) is 0.667. The van der Waals surface area contributed by atoms with Crippen LogP contribution < -0.4 is 5.32 Å². The van der Waals surface area contributed by atoms with Crippen molar-refractivity contribution in [2.75, 3.05) is 0 Å². The highest BCUT2D eigenvalue weighted by Crippen LogP contribution is 2.22. The molecular weight excluding hydrogens is 182 g/mol. The zero-order valence-corrected chi connectivity index (χ0v) is 7.85. The fourth-order valence-corrected chi connectivity index (χ4v) is 1.99. The first-order valence-corrected chi connectivity index (χ1v) is 4.91. The Labute approximate surface area is 82.1 Å². The molecule has 0 amide bonds. The molecule has 0 spiro atoms. The third-order valence-electron chi connectivity index (χ3n) is 2.78. The Hall–Kier alpha value is -1.39. The molecule has 1 aliphatic carbocycles. The molecule has 2 aliphatic rings. The van der Waals surface area contributed by atoms with Crippen LogP contribution in [0.5, 0.6) is 0 Å². The van der Waals surface area contributed by atoms with E-state index >= 15 is 0 Å². The standard InChI is InChI=1S/C9H13N3O2/c13-12(14)7-5-10-8-3-1-2-4-9(8)11-6-7/h5-6,8-10H,1-4H2/t8-,9-/m1/s1. The fourth-order valence-electron chi connectivity index (χ4n) is 1.99. The monoisotopic (exact) mass is 195 g/mol. The molecule has 0 aromatic carbocycles. The van der Waals surface area contributed by atoms with Crippen molar-refractivity contribution in [1.82, 2.24) is 5.32 Å². The molecule has 1 fully saturated rings. The van der Waals surface area contributed by atoms with E-state index in [0.29, 0.717) is 0 Å². The number of nitrogens with zero attached hydrogens (tertiary/aromatic N) is 2. The van der Waals surface area contributed by atoms with E-state index in [2.05, 4.69) is 10.3 Å². The van der Waals surface area contributed by atoms with Gasteiger partial charge in [0.25, 0.3) is 0 Å². The van der Waals surface area contributed by atoms with Crippen molar-refractivity contribution < 1.29 is 4.92 Å². The molecule has 1 saturated carbocycles. The second-order valence-corrected chi connectivity index (χ2v) is 3.73. The lowest BCUT2D eigenvalue weighted by atomic mass is 9.91. The van der Waals surface area contributed by atoms with Crippen LogP contribution in [0.3, 0.4) is 0 Å². The number of nitrogens with one attached hydrogen (secondary N) is 1. The zero-order valence-electron chi connectivity index (χ0n) is 7.85. The van der Waals surface area contributed by atoms with E-state index in [9.17, 15) is 10.1 Å². The van der Waals surface area contributed by atoms with Gasteiger partial charge in [-0.25, -0.2) is 0 Å². The molecule has 5 heteroatoms. The third kappa shape index (κ3) is 1.76. The second kappa shape index (κ2) is 3.77. The summed E-state index contributed by atoms with van der Waals surface area (Å²) in [7, 11) is 0. The van der Waals surface area contributed by atoms with Crippen LogP contribution in [0.25, 0.3) is 0 Å². The summed E-state index contributed by atoms with van der Waals surface area (Å²) in [5.74, 6) is 0. The minimum Gasteiger partial charge on any atom is -0.380 e. The van der Waals surface area contributed by atoms with Gasteiger partial charge < -0.3 is 5.32 Å². The van der Waals surface area contributed by atoms with Crippen LogP contribution in [0, 0.1) is 10.1 Å². The number of aliphatic imine (C=N–C) groups is 1. The Morgan fingerprint density at radius 3 is 3.07 bits per heavy atom. The van der Waals surface area contributed by atoms with E-state index in [4.69, 9.17) is 0 Å². The lowest BCUT2D eigenvalue weighted by molar-refractivity contribution is -0.414. The van der Waals surface area contributed by atoms with Gasteiger partial charge in [0.2, 0.25) is 0 Å². The predicted molar refractivity (Wildman–Crippen MR) is 52.7 cm³/mol. The summed E-state index contributed by atoms with van der Waals surface area (Å²) in [5, 5.41) is 13.6. The van der Waals surface area contributed by atoms with E-state index in [0.717, 1.165) is 12.8 Å². The molecule has 76 valence electrons. The Bertz CT molecular complexity index is 298. The highest BCUT2D eigenvalue weighted by molar-refractivity contribution is 5.75. The summed E-state index contributed by atoms with van der Waals surface area (Å²) in [4.78, 5) is 14.4. The predicted octanol–water partition coefficient (Wildman–Crippen LogP) is 1.09. The first-order valence-electron chi connectivity index (χ1n) is 4.91. The molecule has 1 N–H and O–H groups in total. The lowest BCUT2D eigenvalue weighted by Gasteiger charge is -2.27. The van der Waals surface area contributed by atoms with Crippen molar-refractivity contribution in [2.24, 2.45) is 4.99 Å². The summed E-state index contributed by atoms with van der Waals surface area (Å²) in [6, 6.07) is 0.509. The summed E-state index contributed by atoms with van der Waals surface area (Å²) in [6.07, 6.45) is 7.30. The number of allylic oxidation sites excluding steroid dienone is 1. The zero-order chi connectivity index (χ0) is 9.97. The summed E-state index contributed by atoms with van der Waals surface area (Å²) in [5.41, 5.74) is 0.0550. The minimum absolute atomic E-state index is 0.0550. The molecule has 2 rings (SSSR count). The maximum Gasteiger partial charge on any atom is 0.302 e. The van der Waals surface area contributed by atoms with Gasteiger partial charge in [-0.15, -0.1) is 0 Å². The average molecular weight is 195 g/mol. The van der Waals surface area contributed by atoms with Gasteiger partial charge in [0.05, 0.1) is 17.2 Å². The number of fused-ring (bicyclic) bond motifs is 1. The van der Waals surface area contributed by atoms with Crippen LogP contribution in [-0.4, -0.2) is 23.2 Å². The molecule has 1 heterocycles. The van der Waals surface area contributed by atoms with Crippen molar-refractivity contribution in [3.63, 3.8) is 0 Å². The number of hydrogen-bond acceptors (Lipinski definition) is 4. The molecule has 5 nitrogen and oxygen atoms in total. The molecule has 0 aromatic heterocycles. The third-order valence-corrected chi connectivity index (χ3v) is 2.78. The minimum atomic E-state index is -0.409. The van der Waals surface area contributed by atoms with Gasteiger partial charge in [-0.1, -0.05) is 12.8 Å². The smallest absolute Gasteiger partial charge is 0.302 e. The van der Waals surface area contributed by atoms with Crippen molar-refractivity contribution in [3.8, 4) is 0 Å². The molecule has 14 heavy (non-hydrogen) atoms. The first-order chi connectivity index (χ1) is 6.77. The van der Waals surface area contributed by atoms with Crippen LogP contribution in [0.4, 0.5) is 0 Å². The van der Waals surface area contributed by atoms with Crippen molar-refractivity contribution >= 4 is 6.21 Å². The van der Waals surface area contributed by atoms with Crippen molar-refractivity contribution in [3.05, 3.63) is 22.0 Å². The van der Waals surface area contributed by atoms with E-state index in [1.807, 2.05) is 0 Å². The van der Waals surface area contributed by atoms with E-state index in [1.54, 1.807) is 0 Å². The Morgan fingerprint density at radius 1 is 1.50 bits per heavy atom. The number of nitro groups is 1. The van der Waals surface area contributed by atoms with E-state index in [1.165, 1.54) is 25.3 Å². The van der Waals surface area contributed by atoms with Crippen LogP contribution in [0.15, 0.2) is 16.9 Å². The highest BCUT2D eigenvalue weighted by atomic mass is 16.6. The van der Waals surface area contributed by atoms with E-state index < -0.39 is 4.92 Å². The first kappa shape index (κ1) is 9.18. The average Bonchev–Trinajstić information content (AvgIpc) is 2.39. The van der Waals surface area contributed by atoms with Crippen LogP contribution in [0.2, 0.25) is 0 Å². The number of rotatable bonds is 1. The van der Waals surface area contributed by atoms with E-state index in [-0.39, 0.29) is 17.8 Å². The van der Waals surface area contributed by atoms with Gasteiger partial charge in [0, 0.05) is 6.04 Å². The molecule has 1 aliphatic heterocycles. The Morgan fingerprint density at radius 2 is 2.29 bits per heavy atom. The van der Waals surface area contributed by atoms with Gasteiger partial charge in [0.1, 0.15) is 6.21 Å². The maximum atomic E-state index is 10.5. The van der Waals surface area contributed by atoms with Crippen LogP contribution >= 0.6 is 0 Å². The highest BCUT2D eigenvalue weighted by Gasteiger charge is 2.26. The van der Waals surface area contributed by atoms with Crippen LogP contribution in [0.1, 0.15) is 25.7 Å². The quantitative estimate of drug-likeness (QED) is 0.503. The molecule has 2 atom stereocenters. The topological polar surface area (TPSA) is 67.5 Å². The van der Waals surface area contributed by atoms with Gasteiger partial charge in [0.15, 0.2) is 0 Å². The van der Waals surface area contributed by atoms with Gasteiger partial charge in [-0.3, -0.25) is 15.1 Å².